The second-order valence-electron chi connectivity index (χ2n) is 4.11. The molecule has 0 rings (SSSR count). The van der Waals surface area contributed by atoms with Gasteiger partial charge in [-0.15, -0.1) is 0 Å². The number of nitrogens with one attached hydrogen (secondary N) is 1. The molecule has 1 unspecified atom stereocenters. The Kier molecular flexibility index (Phi) is 13.8. The minimum absolute atomic E-state index is 0.635. The largest absolute Gasteiger partial charge is 0.382 e. The monoisotopic (exact) mass is 247 g/mol. The van der Waals surface area contributed by atoms with Crippen molar-refractivity contribution in [2.45, 2.75) is 38.6 Å². The van der Waals surface area contributed by atoms with E-state index in [0.29, 0.717) is 19.3 Å². The van der Waals surface area contributed by atoms with Crippen LogP contribution >= 0.6 is 0 Å². The molecule has 0 aliphatic heterocycles. The van der Waals surface area contributed by atoms with Gasteiger partial charge in [0.1, 0.15) is 0 Å². The van der Waals surface area contributed by atoms with Gasteiger partial charge >= 0.3 is 0 Å². The minimum atomic E-state index is 0.635. The predicted octanol–water partition coefficient (Wildman–Crippen LogP) is 1.83. The molecule has 0 bridgehead atoms. The molecule has 0 aliphatic carbocycles. The molecule has 0 aliphatic rings. The Bertz CT molecular complexity index is 141. The summed E-state index contributed by atoms with van der Waals surface area (Å²) in [6.45, 7) is 5.97. The Morgan fingerprint density at radius 1 is 0.941 bits per heavy atom. The molecular formula is C13H29NO3. The van der Waals surface area contributed by atoms with Crippen LogP contribution in [0.4, 0.5) is 0 Å². The Hall–Kier alpha value is -0.160. The van der Waals surface area contributed by atoms with Crippen LogP contribution in [-0.4, -0.2) is 53.2 Å². The van der Waals surface area contributed by atoms with Gasteiger partial charge in [0, 0.05) is 33.0 Å². The molecule has 4 heteroatoms. The summed E-state index contributed by atoms with van der Waals surface area (Å²) in [5.41, 5.74) is 0. The zero-order valence-corrected chi connectivity index (χ0v) is 11.7. The summed E-state index contributed by atoms with van der Waals surface area (Å²) in [5.74, 6) is 0. The zero-order valence-electron chi connectivity index (χ0n) is 11.7. The Morgan fingerprint density at radius 2 is 1.59 bits per heavy atom. The third-order valence-electron chi connectivity index (χ3n) is 2.75. The average molecular weight is 247 g/mol. The van der Waals surface area contributed by atoms with E-state index >= 15 is 0 Å². The molecule has 0 spiro atoms. The molecule has 1 N–H and O–H groups in total. The van der Waals surface area contributed by atoms with Gasteiger partial charge in [-0.05, 0) is 32.7 Å². The standard InChI is InChI=1S/C13H29NO3/c1-4-13(14-2)7-5-8-16-9-6-10-17-12-11-15-3/h13-14H,4-12H2,1-3H3. The third-order valence-corrected chi connectivity index (χ3v) is 2.75. The summed E-state index contributed by atoms with van der Waals surface area (Å²) < 4.78 is 15.8. The minimum Gasteiger partial charge on any atom is -0.382 e. The molecular weight excluding hydrogens is 218 g/mol. The molecule has 0 fully saturated rings. The fraction of sp³-hybridized carbons (Fsp3) is 1.00. The quantitative estimate of drug-likeness (QED) is 0.504. The van der Waals surface area contributed by atoms with Crippen LogP contribution in [0.5, 0.6) is 0 Å². The van der Waals surface area contributed by atoms with Crippen LogP contribution in [-0.2, 0) is 14.2 Å². The molecule has 0 radical (unpaired) electrons. The van der Waals surface area contributed by atoms with Gasteiger partial charge in [0.2, 0.25) is 0 Å². The van der Waals surface area contributed by atoms with E-state index < -0.39 is 0 Å². The van der Waals surface area contributed by atoms with Crippen molar-refractivity contribution in [2.24, 2.45) is 0 Å². The maximum absolute atomic E-state index is 5.54. The maximum Gasteiger partial charge on any atom is 0.0700 e. The zero-order chi connectivity index (χ0) is 12.8. The van der Waals surface area contributed by atoms with E-state index in [1.807, 2.05) is 7.05 Å². The van der Waals surface area contributed by atoms with Crippen LogP contribution < -0.4 is 5.32 Å². The van der Waals surface area contributed by atoms with E-state index in [9.17, 15) is 0 Å². The first kappa shape index (κ1) is 16.8. The lowest BCUT2D eigenvalue weighted by molar-refractivity contribution is 0.0506. The van der Waals surface area contributed by atoms with E-state index in [-0.39, 0.29) is 0 Å². The molecule has 0 amide bonds. The van der Waals surface area contributed by atoms with Gasteiger partial charge in [-0.2, -0.15) is 0 Å². The van der Waals surface area contributed by atoms with Crippen molar-refractivity contribution in [3.8, 4) is 0 Å². The SMILES string of the molecule is CCC(CCCOCCCOCCOC)NC. The van der Waals surface area contributed by atoms with Gasteiger partial charge < -0.3 is 19.5 Å². The number of methoxy groups -OCH3 is 1. The summed E-state index contributed by atoms with van der Waals surface area (Å²) in [6.07, 6.45) is 4.47. The van der Waals surface area contributed by atoms with Gasteiger partial charge in [-0.25, -0.2) is 0 Å². The van der Waals surface area contributed by atoms with E-state index in [1.54, 1.807) is 7.11 Å². The van der Waals surface area contributed by atoms with Gasteiger partial charge in [0.05, 0.1) is 13.2 Å². The first-order valence-electron chi connectivity index (χ1n) is 6.66. The Labute approximate surface area is 106 Å². The first-order valence-corrected chi connectivity index (χ1v) is 6.66. The molecule has 17 heavy (non-hydrogen) atoms. The molecule has 0 aromatic heterocycles. The fourth-order valence-electron chi connectivity index (χ4n) is 1.59. The van der Waals surface area contributed by atoms with Gasteiger partial charge in [-0.3, -0.25) is 0 Å². The molecule has 0 heterocycles. The summed E-state index contributed by atoms with van der Waals surface area (Å²) in [7, 11) is 3.70. The predicted molar refractivity (Wildman–Crippen MR) is 70.5 cm³/mol. The van der Waals surface area contributed by atoms with Gasteiger partial charge in [-0.1, -0.05) is 6.92 Å². The highest BCUT2D eigenvalue weighted by Gasteiger charge is 2.01. The molecule has 0 saturated heterocycles. The van der Waals surface area contributed by atoms with Crippen molar-refractivity contribution < 1.29 is 14.2 Å². The summed E-state index contributed by atoms with van der Waals surface area (Å²) >= 11 is 0. The van der Waals surface area contributed by atoms with Gasteiger partial charge in [0.15, 0.2) is 0 Å². The van der Waals surface area contributed by atoms with Crippen LogP contribution in [0.2, 0.25) is 0 Å². The van der Waals surface area contributed by atoms with E-state index in [4.69, 9.17) is 14.2 Å². The first-order chi connectivity index (χ1) is 8.35. The highest BCUT2D eigenvalue weighted by atomic mass is 16.5. The van der Waals surface area contributed by atoms with Crippen molar-refractivity contribution in [3.05, 3.63) is 0 Å². The van der Waals surface area contributed by atoms with Gasteiger partial charge in [0.25, 0.3) is 0 Å². The molecule has 0 saturated carbocycles. The van der Waals surface area contributed by atoms with Crippen LogP contribution in [0.15, 0.2) is 0 Å². The number of ether oxygens (including phenoxy) is 3. The summed E-state index contributed by atoms with van der Waals surface area (Å²) in [4.78, 5) is 0. The highest BCUT2D eigenvalue weighted by Crippen LogP contribution is 2.01. The van der Waals surface area contributed by atoms with E-state index in [2.05, 4.69) is 12.2 Å². The van der Waals surface area contributed by atoms with Crippen molar-refractivity contribution >= 4 is 0 Å². The molecule has 0 aromatic carbocycles. The Morgan fingerprint density at radius 3 is 2.18 bits per heavy atom. The number of hydrogen-bond donors (Lipinski definition) is 1. The normalized spacial score (nSPS) is 12.9. The highest BCUT2D eigenvalue weighted by molar-refractivity contribution is 4.60. The molecule has 104 valence electrons. The Balaban J connectivity index is 3.03. The average Bonchev–Trinajstić information content (AvgIpc) is 2.36. The molecule has 4 nitrogen and oxygen atoms in total. The van der Waals surface area contributed by atoms with Crippen LogP contribution in [0.3, 0.4) is 0 Å². The van der Waals surface area contributed by atoms with Crippen LogP contribution in [0.1, 0.15) is 32.6 Å². The van der Waals surface area contributed by atoms with E-state index in [1.165, 1.54) is 12.8 Å². The second-order valence-corrected chi connectivity index (χ2v) is 4.11. The summed E-state index contributed by atoms with van der Waals surface area (Å²) in [6, 6.07) is 0.635. The number of hydrogen-bond acceptors (Lipinski definition) is 4. The molecule has 1 atom stereocenters. The lowest BCUT2D eigenvalue weighted by Crippen LogP contribution is -2.24. The van der Waals surface area contributed by atoms with E-state index in [0.717, 1.165) is 32.7 Å². The lowest BCUT2D eigenvalue weighted by atomic mass is 10.1. The molecule has 0 aromatic rings. The van der Waals surface area contributed by atoms with Crippen molar-refractivity contribution in [1.29, 1.82) is 0 Å². The maximum atomic E-state index is 5.54. The van der Waals surface area contributed by atoms with Crippen molar-refractivity contribution in [2.75, 3.05) is 47.2 Å². The summed E-state index contributed by atoms with van der Waals surface area (Å²) in [5, 5.41) is 3.30. The van der Waals surface area contributed by atoms with Crippen molar-refractivity contribution in [3.63, 3.8) is 0 Å². The fourth-order valence-corrected chi connectivity index (χ4v) is 1.59. The van der Waals surface area contributed by atoms with Crippen LogP contribution in [0.25, 0.3) is 0 Å². The second kappa shape index (κ2) is 13.9. The van der Waals surface area contributed by atoms with Crippen molar-refractivity contribution in [1.82, 2.24) is 5.32 Å². The number of rotatable bonds is 13. The topological polar surface area (TPSA) is 39.7 Å². The third kappa shape index (κ3) is 12.1. The lowest BCUT2D eigenvalue weighted by Gasteiger charge is -2.13. The smallest absolute Gasteiger partial charge is 0.0700 e. The van der Waals surface area contributed by atoms with Crippen LogP contribution in [0, 0.1) is 0 Å².